The highest BCUT2D eigenvalue weighted by atomic mass is 16.5. The van der Waals surface area contributed by atoms with Crippen molar-refractivity contribution in [2.45, 2.75) is 58.8 Å². The number of benzene rings is 1. The summed E-state index contributed by atoms with van der Waals surface area (Å²) in [5.41, 5.74) is 5.56. The zero-order chi connectivity index (χ0) is 26.7. The highest BCUT2D eigenvalue weighted by molar-refractivity contribution is 5.97. The minimum Gasteiger partial charge on any atom is -0.497 e. The number of aliphatic carboxylic acids is 1. The summed E-state index contributed by atoms with van der Waals surface area (Å²) in [6.07, 6.45) is 8.42. The number of ether oxygens (including phenoxy) is 2. The molecule has 7 heteroatoms. The molecule has 0 spiro atoms. The van der Waals surface area contributed by atoms with E-state index in [9.17, 15) is 9.90 Å². The summed E-state index contributed by atoms with van der Waals surface area (Å²) in [7, 11) is 4.02. The molecule has 0 saturated carbocycles. The van der Waals surface area contributed by atoms with E-state index < -0.39 is 17.7 Å². The first kappa shape index (κ1) is 26.8. The first-order valence-electron chi connectivity index (χ1n) is 12.7. The van der Waals surface area contributed by atoms with Gasteiger partial charge in [-0.3, -0.25) is 9.98 Å². The van der Waals surface area contributed by atoms with Crippen molar-refractivity contribution in [3.63, 3.8) is 0 Å². The van der Waals surface area contributed by atoms with Gasteiger partial charge >= 0.3 is 5.97 Å². The van der Waals surface area contributed by atoms with Gasteiger partial charge in [0.15, 0.2) is 6.10 Å². The lowest BCUT2D eigenvalue weighted by atomic mass is 9.87. The van der Waals surface area contributed by atoms with Crippen molar-refractivity contribution >= 4 is 28.7 Å². The Kier molecular flexibility index (Phi) is 7.95. The smallest absolute Gasteiger partial charge is 0.337 e. The zero-order valence-corrected chi connectivity index (χ0v) is 22.7. The van der Waals surface area contributed by atoms with Crippen LogP contribution in [0.1, 0.15) is 62.1 Å². The number of rotatable bonds is 6. The lowest BCUT2D eigenvalue weighted by Crippen LogP contribution is -2.28. The maximum atomic E-state index is 12.6. The third kappa shape index (κ3) is 6.53. The van der Waals surface area contributed by atoms with Crippen LogP contribution in [-0.2, 0) is 20.8 Å². The molecule has 37 heavy (non-hydrogen) atoms. The fourth-order valence-corrected chi connectivity index (χ4v) is 4.79. The molecule has 0 aliphatic carbocycles. The number of carboxylic acids is 1. The average molecular weight is 504 g/mol. The second kappa shape index (κ2) is 11.0. The van der Waals surface area contributed by atoms with E-state index in [0.29, 0.717) is 25.3 Å². The monoisotopic (exact) mass is 503 g/mol. The number of aliphatic imine (C=N–C) groups is 1. The van der Waals surface area contributed by atoms with Gasteiger partial charge in [-0.15, -0.1) is 0 Å². The summed E-state index contributed by atoms with van der Waals surface area (Å²) in [5, 5.41) is 11.2. The molecular weight excluding hydrogens is 466 g/mol. The first-order chi connectivity index (χ1) is 17.5. The Bertz CT molecular complexity index is 1310. The molecule has 4 rings (SSSR count). The van der Waals surface area contributed by atoms with Crippen LogP contribution in [0.25, 0.3) is 16.5 Å². The van der Waals surface area contributed by atoms with Crippen LogP contribution >= 0.6 is 0 Å². The van der Waals surface area contributed by atoms with Crippen LogP contribution in [0.3, 0.4) is 0 Å². The molecule has 2 aliphatic heterocycles. The Morgan fingerprint density at radius 2 is 2.00 bits per heavy atom. The number of carbonyl (C=O) groups is 1. The van der Waals surface area contributed by atoms with Gasteiger partial charge in [0, 0.05) is 36.6 Å². The molecule has 1 atom stereocenters. The van der Waals surface area contributed by atoms with Gasteiger partial charge in [0.1, 0.15) is 0 Å². The third-order valence-electron chi connectivity index (χ3n) is 6.32. The molecule has 7 nitrogen and oxygen atoms in total. The predicted molar refractivity (Wildman–Crippen MR) is 148 cm³/mol. The maximum Gasteiger partial charge on any atom is 0.337 e. The molecule has 0 radical (unpaired) electrons. The summed E-state index contributed by atoms with van der Waals surface area (Å²) in [5.74, 6) is -0.128. The molecule has 1 saturated heterocycles. The van der Waals surface area contributed by atoms with Gasteiger partial charge in [-0.25, -0.2) is 4.79 Å². The van der Waals surface area contributed by atoms with Crippen molar-refractivity contribution in [2.75, 3.05) is 27.2 Å². The summed E-state index contributed by atoms with van der Waals surface area (Å²) in [6, 6.07) is 6.02. The van der Waals surface area contributed by atoms with Crippen LogP contribution in [0.2, 0.25) is 0 Å². The van der Waals surface area contributed by atoms with Crippen LogP contribution in [-0.4, -0.2) is 60.0 Å². The van der Waals surface area contributed by atoms with Crippen LogP contribution in [0.4, 0.5) is 0 Å². The summed E-state index contributed by atoms with van der Waals surface area (Å²) >= 11 is 0. The van der Waals surface area contributed by atoms with Crippen LogP contribution < -0.4 is 0 Å². The van der Waals surface area contributed by atoms with Crippen molar-refractivity contribution in [3.05, 3.63) is 70.1 Å². The lowest BCUT2D eigenvalue weighted by Gasteiger charge is -2.29. The normalized spacial score (nSPS) is 17.1. The maximum absolute atomic E-state index is 12.6. The minimum atomic E-state index is -1.15. The van der Waals surface area contributed by atoms with Gasteiger partial charge in [-0.05, 0) is 82.8 Å². The van der Waals surface area contributed by atoms with E-state index in [2.05, 4.69) is 11.0 Å². The molecule has 1 aromatic carbocycles. The molecule has 1 N–H and O–H groups in total. The van der Waals surface area contributed by atoms with Gasteiger partial charge < -0.3 is 19.5 Å². The number of fused-ring (bicyclic) bond motifs is 3. The molecular formula is C30H37N3O4. The van der Waals surface area contributed by atoms with Gasteiger partial charge in [0.2, 0.25) is 0 Å². The van der Waals surface area contributed by atoms with Crippen molar-refractivity contribution < 1.29 is 19.4 Å². The fraction of sp³-hybridized carbons (Fsp3) is 0.433. The summed E-state index contributed by atoms with van der Waals surface area (Å²) in [4.78, 5) is 24.3. The Hall–Kier alpha value is -3.29. The SMILES string of the molecule is Cc1cc2nc(CN(C)C)ccc2c(C2=CC=C3CC(=CC=NC2)CCO3)c1C(OC(C)(C)C)C(=O)O. The summed E-state index contributed by atoms with van der Waals surface area (Å²) < 4.78 is 12.1. The van der Waals surface area contributed by atoms with Gasteiger partial charge in [-0.1, -0.05) is 17.7 Å². The highest BCUT2D eigenvalue weighted by Crippen LogP contribution is 2.38. The molecule has 2 aromatic rings. The number of aryl methyl sites for hydroxylation is 1. The van der Waals surface area contributed by atoms with E-state index >= 15 is 0 Å². The molecule has 3 heterocycles. The third-order valence-corrected chi connectivity index (χ3v) is 6.32. The Labute approximate surface area is 219 Å². The van der Waals surface area contributed by atoms with Gasteiger partial charge in [-0.2, -0.15) is 0 Å². The van der Waals surface area contributed by atoms with E-state index in [4.69, 9.17) is 19.5 Å². The van der Waals surface area contributed by atoms with Crippen LogP contribution in [0.5, 0.6) is 0 Å². The number of carboxylic acid groups (broad SMARTS) is 1. The fourth-order valence-electron chi connectivity index (χ4n) is 4.79. The molecule has 1 fully saturated rings. The number of allylic oxidation sites excluding steroid dienone is 4. The largest absolute Gasteiger partial charge is 0.497 e. The first-order valence-corrected chi connectivity index (χ1v) is 12.7. The topological polar surface area (TPSA) is 84.3 Å². The van der Waals surface area contributed by atoms with Crippen LogP contribution in [0, 0.1) is 6.92 Å². The molecule has 1 aromatic heterocycles. The van der Waals surface area contributed by atoms with E-state index in [1.165, 1.54) is 5.57 Å². The predicted octanol–water partition coefficient (Wildman–Crippen LogP) is 5.63. The highest BCUT2D eigenvalue weighted by Gasteiger charge is 2.32. The number of hydrogen-bond acceptors (Lipinski definition) is 6. The van der Waals surface area contributed by atoms with Crippen molar-refractivity contribution in [1.29, 1.82) is 0 Å². The standard InChI is InChI=1S/C30H37N3O4/c1-19-15-25-24(10-8-22(32-25)18-33(5)6)27(26(19)28(29(34)35)37-30(2,3)4)21-7-9-23-16-20(12-14-36-23)11-13-31-17-21/h7-11,13,15,28H,12,14,16-18H2,1-6H3,(H,34,35). The van der Waals surface area contributed by atoms with E-state index in [1.54, 1.807) is 0 Å². The molecule has 2 aliphatic rings. The molecule has 1 unspecified atom stereocenters. The molecule has 0 amide bonds. The number of nitrogens with zero attached hydrogens (tertiary/aromatic N) is 3. The van der Waals surface area contributed by atoms with E-state index in [0.717, 1.165) is 51.9 Å². The van der Waals surface area contributed by atoms with Gasteiger partial charge in [0.25, 0.3) is 0 Å². The van der Waals surface area contributed by atoms with E-state index in [1.807, 2.05) is 78.4 Å². The number of aromatic nitrogens is 1. The van der Waals surface area contributed by atoms with Crippen molar-refractivity contribution in [1.82, 2.24) is 9.88 Å². The average Bonchev–Trinajstić information content (AvgIpc) is 2.80. The number of pyridine rings is 1. The zero-order valence-electron chi connectivity index (χ0n) is 22.7. The number of hydrogen-bond donors (Lipinski definition) is 1. The van der Waals surface area contributed by atoms with Gasteiger partial charge in [0.05, 0.1) is 35.7 Å². The minimum absolute atomic E-state index is 0.389. The molecule has 2 bridgehead atoms. The summed E-state index contributed by atoms with van der Waals surface area (Å²) in [6.45, 7) is 9.29. The molecule has 196 valence electrons. The second-order valence-corrected chi connectivity index (χ2v) is 11.0. The Balaban J connectivity index is 1.98. The Morgan fingerprint density at radius 1 is 1.22 bits per heavy atom. The Morgan fingerprint density at radius 3 is 2.70 bits per heavy atom. The van der Waals surface area contributed by atoms with Crippen molar-refractivity contribution in [2.24, 2.45) is 4.99 Å². The lowest BCUT2D eigenvalue weighted by molar-refractivity contribution is -0.160. The quantitative estimate of drug-likeness (QED) is 0.550. The van der Waals surface area contributed by atoms with E-state index in [-0.39, 0.29) is 0 Å². The van der Waals surface area contributed by atoms with Crippen molar-refractivity contribution in [3.8, 4) is 0 Å². The second-order valence-electron chi connectivity index (χ2n) is 11.0. The van der Waals surface area contributed by atoms with Crippen LogP contribution in [0.15, 0.2) is 52.8 Å².